The third kappa shape index (κ3) is 26200. The van der Waals surface area contributed by atoms with Gasteiger partial charge >= 0.3 is 11.5 Å². The number of thiocyanates is 1. The molecule has 0 bridgehead atoms. The number of hydrogen-bond acceptors (Lipinski definition) is 2. The van der Waals surface area contributed by atoms with Gasteiger partial charge in [-0.15, -0.1) is 0 Å². The fraction of sp³-hybridized carbons (Fsp3) is 0. The van der Waals surface area contributed by atoms with Gasteiger partial charge in [-0.05, 0) is 0 Å². The van der Waals surface area contributed by atoms with Gasteiger partial charge in [0.1, 0.15) is 5.40 Å². The van der Waals surface area contributed by atoms with Crippen molar-refractivity contribution in [3.8, 4) is 5.40 Å². The number of nitrogens with zero attached hydrogens (tertiary/aromatic N) is 1. The van der Waals surface area contributed by atoms with Gasteiger partial charge in [0.15, 0.2) is 0 Å². The molecule has 0 aliphatic rings. The summed E-state index contributed by atoms with van der Waals surface area (Å²) in [6.45, 7) is 0. The Kier molecular flexibility index (Phi) is 26.8. The quantitative estimate of drug-likeness (QED) is 0.249. The maximum absolute atomic E-state index is 7.18. The average Bonchev–Trinajstić information content (AvgIpc) is 0.918. The topological polar surface area (TPSA) is 23.8 Å². The molecule has 0 atom stereocenters. The van der Waals surface area contributed by atoms with E-state index >= 15 is 0 Å². The van der Waals surface area contributed by atoms with Gasteiger partial charge in [0.05, 0.1) is 0 Å². The van der Waals surface area contributed by atoms with Gasteiger partial charge in [-0.3, -0.25) is 0 Å². The van der Waals surface area contributed by atoms with Crippen molar-refractivity contribution in [3.63, 3.8) is 0 Å². The summed E-state index contributed by atoms with van der Waals surface area (Å²) in [4.78, 5) is 0. The Bertz CT molecular complexity index is 36.4. The van der Waals surface area contributed by atoms with E-state index in [1.54, 1.807) is 0 Å². The Morgan fingerprint density at radius 1 is 2.25 bits per heavy atom. The first-order valence-electron chi connectivity index (χ1n) is 0.447. The van der Waals surface area contributed by atoms with Crippen molar-refractivity contribution >= 4 is 22.7 Å². The second-order valence-electron chi connectivity index (χ2n) is 0.100. The van der Waals surface area contributed by atoms with Crippen molar-refractivity contribution in [2.45, 2.75) is 0 Å². The molecule has 0 aromatic heterocycles. The molecule has 0 aromatic rings. The van der Waals surface area contributed by atoms with Crippen LogP contribution in [0.5, 0.6) is 0 Å². The third-order valence-electron chi connectivity index (χ3n) is 0. The minimum Gasteiger partial charge on any atom is -1.00 e. The average molecular weight is 71.1 g/mol. The van der Waals surface area contributed by atoms with Crippen LogP contribution in [0.15, 0.2) is 0 Å². The molecule has 0 N–H and O–H groups in total. The number of hydrogen-bond donors (Lipinski definition) is 1. The molecule has 0 aliphatic heterocycles. The molecule has 20 valence electrons. The Hall–Kier alpha value is 0.00883. The molecule has 0 spiro atoms. The van der Waals surface area contributed by atoms with Crippen LogP contribution in [0.3, 0.4) is 0 Å². The molecule has 0 fully saturated rings. The maximum Gasteiger partial charge on any atom is 2.00 e. The normalized spacial score (nSPS) is 2.00. The Balaban J connectivity index is -0.00000000333. The second-order valence-corrected chi connectivity index (χ2v) is 0.300. The van der Waals surface area contributed by atoms with E-state index in [0.717, 1.165) is 0 Å². The second kappa shape index (κ2) is 11.9. The van der Waals surface area contributed by atoms with Crippen molar-refractivity contribution in [3.05, 3.63) is 0 Å². The first kappa shape index (κ1) is 8.99. The van der Waals surface area contributed by atoms with Gasteiger partial charge in [0, 0.05) is 0 Å². The Labute approximate surface area is 38.7 Å². The van der Waals surface area contributed by atoms with E-state index in [1.165, 1.54) is 5.40 Å². The van der Waals surface area contributed by atoms with E-state index in [0.29, 0.717) is 0 Å². The predicted molar refractivity (Wildman–Crippen MR) is 23.7 cm³/mol. The summed E-state index contributed by atoms with van der Waals surface area (Å²) < 4.78 is 0. The van der Waals surface area contributed by atoms with Crippen molar-refractivity contribution in [1.29, 1.82) is 5.26 Å². The van der Waals surface area contributed by atoms with Crippen molar-refractivity contribution < 1.29 is 4.28 Å². The van der Waals surface area contributed by atoms with Crippen LogP contribution in [0.25, 0.3) is 0 Å². The zero-order valence-electron chi connectivity index (χ0n) is 5.10. The van der Waals surface area contributed by atoms with Crippen molar-refractivity contribution in [2.75, 3.05) is 0 Å². The molecule has 0 amide bonds. The van der Waals surface area contributed by atoms with Crippen LogP contribution in [-0.2, 0) is 0 Å². The summed E-state index contributed by atoms with van der Waals surface area (Å²) in [5.41, 5.74) is 0. The van der Waals surface area contributed by atoms with Crippen LogP contribution in [-0.4, -0.2) is 10.1 Å². The minimum atomic E-state index is 0. The van der Waals surface area contributed by atoms with E-state index in [1.807, 2.05) is 0 Å². The van der Waals surface area contributed by atoms with Crippen LogP contribution < -0.4 is 0 Å². The predicted octanol–water partition coefficient (Wildman–Crippen LogP) is 0.354. The monoisotopic (exact) mass is 71.0 g/mol. The fourth-order valence-corrected chi connectivity index (χ4v) is 0. The molecule has 0 heterocycles. The summed E-state index contributed by atoms with van der Waals surface area (Å²) >= 11 is 3.09. The van der Waals surface area contributed by atoms with Crippen LogP contribution in [0.1, 0.15) is 4.28 Å². The van der Waals surface area contributed by atoms with Gasteiger partial charge < -0.3 is 2.85 Å². The molecule has 3 heteroatoms. The van der Waals surface area contributed by atoms with E-state index in [4.69, 9.17) is 5.26 Å². The molecule has 1 nitrogen and oxygen atoms in total. The zero-order chi connectivity index (χ0) is 2.71. The van der Waals surface area contributed by atoms with Crippen molar-refractivity contribution in [2.24, 2.45) is 0 Å². The maximum atomic E-state index is 7.18. The number of thiol groups is 1. The van der Waals surface area contributed by atoms with Crippen LogP contribution >= 0.6 is 12.6 Å². The SMILES string of the molecule is N#CS.[Be+2].[H+].[H-].[H-]. The Morgan fingerprint density at radius 3 is 2.25 bits per heavy atom. The van der Waals surface area contributed by atoms with Gasteiger partial charge in [-0.25, -0.2) is 0 Å². The van der Waals surface area contributed by atoms with Gasteiger partial charge in [-0.2, -0.15) is 5.26 Å². The molecule has 0 saturated carbocycles. The molecule has 0 saturated heterocycles. The molecule has 0 radical (unpaired) electrons. The van der Waals surface area contributed by atoms with Crippen LogP contribution in [0.2, 0.25) is 0 Å². The summed E-state index contributed by atoms with van der Waals surface area (Å²) in [5, 5.41) is 8.63. The summed E-state index contributed by atoms with van der Waals surface area (Å²) in [7, 11) is 0. The van der Waals surface area contributed by atoms with Crippen LogP contribution in [0, 0.1) is 10.7 Å². The standard InChI is InChI=1S/CHNS.Be.2H/c2-1-3;;;/h3H;;;/q;+2;2*-1/p+1. The Morgan fingerprint density at radius 2 is 2.25 bits per heavy atom. The minimum absolute atomic E-state index is 0. The molecule has 0 aliphatic carbocycles. The molecule has 0 rings (SSSR count). The van der Waals surface area contributed by atoms with Crippen LogP contribution in [0.4, 0.5) is 0 Å². The molecule has 0 aromatic carbocycles. The fourth-order valence-electron chi connectivity index (χ4n) is 0. The number of rotatable bonds is 0. The van der Waals surface area contributed by atoms with E-state index in [9.17, 15) is 0 Å². The molecule has 0 unspecified atom stereocenters. The third-order valence-corrected chi connectivity index (χ3v) is 0. The van der Waals surface area contributed by atoms with Gasteiger partial charge in [0.2, 0.25) is 0 Å². The molecule has 4 heavy (non-hydrogen) atoms. The van der Waals surface area contributed by atoms with E-state index in [-0.39, 0.29) is 14.4 Å². The molecular formula is CH4BeNS+. The number of nitriles is 1. The summed E-state index contributed by atoms with van der Waals surface area (Å²) in [6.07, 6.45) is 0. The first-order chi connectivity index (χ1) is 1.41. The summed E-state index contributed by atoms with van der Waals surface area (Å²) in [5.74, 6) is 0. The summed E-state index contributed by atoms with van der Waals surface area (Å²) in [6, 6.07) is 0. The van der Waals surface area contributed by atoms with Gasteiger partial charge in [-0.1, -0.05) is 12.6 Å². The van der Waals surface area contributed by atoms with Gasteiger partial charge in [0.25, 0.3) is 0 Å². The largest absolute Gasteiger partial charge is 2.00 e. The van der Waals surface area contributed by atoms with E-state index in [2.05, 4.69) is 12.6 Å². The first-order valence-corrected chi connectivity index (χ1v) is 0.894. The molecular weight excluding hydrogens is 67.1 g/mol. The smallest absolute Gasteiger partial charge is 1.00 e. The van der Waals surface area contributed by atoms with Crippen molar-refractivity contribution in [1.82, 2.24) is 0 Å². The zero-order valence-corrected chi connectivity index (χ0v) is 3.00. The van der Waals surface area contributed by atoms with E-state index < -0.39 is 0 Å².